The molecular weight excluding hydrogens is 143 g/mol. The summed E-state index contributed by atoms with van der Waals surface area (Å²) in [5.41, 5.74) is 0. The highest BCUT2D eigenvalue weighted by molar-refractivity contribution is 4.79. The molecule has 1 unspecified atom stereocenters. The summed E-state index contributed by atoms with van der Waals surface area (Å²) >= 11 is 0. The average molecular weight is 151 g/mol. The molecule has 0 N–H and O–H groups in total. The number of hydrogen-bond acceptors (Lipinski definition) is 1. The Balaban J connectivity index is 3.97. The zero-order chi connectivity index (χ0) is 8.20. The van der Waals surface area contributed by atoms with E-state index in [1.54, 1.807) is 0 Å². The van der Waals surface area contributed by atoms with Gasteiger partial charge in [-0.2, -0.15) is 18.4 Å². The van der Waals surface area contributed by atoms with Crippen LogP contribution in [0.3, 0.4) is 0 Å². The van der Waals surface area contributed by atoms with Gasteiger partial charge >= 0.3 is 6.18 Å². The summed E-state index contributed by atoms with van der Waals surface area (Å²) in [5.74, 6) is -1.45. The van der Waals surface area contributed by atoms with Gasteiger partial charge in [0.1, 0.15) is 0 Å². The number of nitriles is 1. The van der Waals surface area contributed by atoms with Gasteiger partial charge in [-0.05, 0) is 6.42 Å². The van der Waals surface area contributed by atoms with Crippen LogP contribution in [-0.4, -0.2) is 6.18 Å². The standard InChI is InChI=1S/C6H8F3N/c1-2-5(3-4-10)6(7,8)9/h5H,2-3H2,1H3. The molecule has 0 aromatic rings. The van der Waals surface area contributed by atoms with E-state index in [-0.39, 0.29) is 6.42 Å². The van der Waals surface area contributed by atoms with Gasteiger partial charge in [-0.3, -0.25) is 0 Å². The molecule has 0 aliphatic heterocycles. The van der Waals surface area contributed by atoms with Crippen LogP contribution in [-0.2, 0) is 0 Å². The summed E-state index contributed by atoms with van der Waals surface area (Å²) in [6.45, 7) is 1.43. The maximum absolute atomic E-state index is 11.8. The maximum atomic E-state index is 11.8. The van der Waals surface area contributed by atoms with Crippen molar-refractivity contribution in [2.45, 2.75) is 25.9 Å². The molecular formula is C6H8F3N. The fourth-order valence-electron chi connectivity index (χ4n) is 0.602. The van der Waals surface area contributed by atoms with Gasteiger partial charge < -0.3 is 0 Å². The van der Waals surface area contributed by atoms with E-state index in [0.29, 0.717) is 0 Å². The molecule has 0 saturated carbocycles. The SMILES string of the molecule is CCC(CC#N)C(F)(F)F. The minimum atomic E-state index is -4.20. The van der Waals surface area contributed by atoms with Crippen molar-refractivity contribution in [1.29, 1.82) is 5.26 Å². The van der Waals surface area contributed by atoms with Crippen molar-refractivity contribution in [2.24, 2.45) is 5.92 Å². The van der Waals surface area contributed by atoms with Crippen molar-refractivity contribution in [3.8, 4) is 6.07 Å². The zero-order valence-corrected chi connectivity index (χ0v) is 5.57. The first-order chi connectivity index (χ1) is 4.52. The normalized spacial score (nSPS) is 14.3. The van der Waals surface area contributed by atoms with Crippen LogP contribution < -0.4 is 0 Å². The van der Waals surface area contributed by atoms with Gasteiger partial charge in [0.15, 0.2) is 0 Å². The molecule has 58 valence electrons. The molecule has 0 bridgehead atoms. The fraction of sp³-hybridized carbons (Fsp3) is 0.833. The topological polar surface area (TPSA) is 23.8 Å². The van der Waals surface area contributed by atoms with Gasteiger partial charge in [-0.15, -0.1) is 0 Å². The minimum Gasteiger partial charge on any atom is -0.198 e. The molecule has 0 rings (SSSR count). The van der Waals surface area contributed by atoms with Crippen LogP contribution in [0.4, 0.5) is 13.2 Å². The molecule has 10 heavy (non-hydrogen) atoms. The molecule has 0 aromatic heterocycles. The van der Waals surface area contributed by atoms with Crippen molar-refractivity contribution < 1.29 is 13.2 Å². The molecule has 1 nitrogen and oxygen atoms in total. The summed E-state index contributed by atoms with van der Waals surface area (Å²) in [6, 6.07) is 1.51. The van der Waals surface area contributed by atoms with Crippen LogP contribution in [0.15, 0.2) is 0 Å². The lowest BCUT2D eigenvalue weighted by atomic mass is 10.0. The first-order valence-corrected chi connectivity index (χ1v) is 2.96. The molecule has 0 spiro atoms. The number of hydrogen-bond donors (Lipinski definition) is 0. The number of halogens is 3. The van der Waals surface area contributed by atoms with E-state index in [2.05, 4.69) is 0 Å². The smallest absolute Gasteiger partial charge is 0.198 e. The molecule has 0 saturated heterocycles. The molecule has 0 amide bonds. The second-order valence-corrected chi connectivity index (χ2v) is 2.01. The first-order valence-electron chi connectivity index (χ1n) is 2.96. The summed E-state index contributed by atoms with van der Waals surface area (Å²) in [4.78, 5) is 0. The Morgan fingerprint density at radius 1 is 1.50 bits per heavy atom. The highest BCUT2D eigenvalue weighted by Crippen LogP contribution is 2.30. The summed E-state index contributed by atoms with van der Waals surface area (Å²) in [7, 11) is 0. The molecule has 4 heteroatoms. The van der Waals surface area contributed by atoms with Gasteiger partial charge in [0.2, 0.25) is 0 Å². The van der Waals surface area contributed by atoms with Crippen LogP contribution in [0.2, 0.25) is 0 Å². The van der Waals surface area contributed by atoms with Crippen LogP contribution in [0.25, 0.3) is 0 Å². The zero-order valence-electron chi connectivity index (χ0n) is 5.57. The predicted octanol–water partition coefficient (Wildman–Crippen LogP) is 2.49. The van der Waals surface area contributed by atoms with E-state index < -0.39 is 18.5 Å². The third kappa shape index (κ3) is 2.72. The summed E-state index contributed by atoms with van der Waals surface area (Å²) in [5, 5.41) is 7.98. The Morgan fingerprint density at radius 3 is 2.10 bits per heavy atom. The summed E-state index contributed by atoms with van der Waals surface area (Å²) < 4.78 is 35.3. The third-order valence-corrected chi connectivity index (χ3v) is 1.29. The van der Waals surface area contributed by atoms with Crippen LogP contribution in [0.1, 0.15) is 19.8 Å². The van der Waals surface area contributed by atoms with E-state index in [4.69, 9.17) is 5.26 Å². The summed E-state index contributed by atoms with van der Waals surface area (Å²) in [6.07, 6.45) is -4.65. The Kier molecular flexibility index (Phi) is 3.20. The van der Waals surface area contributed by atoms with Crippen molar-refractivity contribution in [2.75, 3.05) is 0 Å². The maximum Gasteiger partial charge on any atom is 0.392 e. The van der Waals surface area contributed by atoms with Crippen molar-refractivity contribution in [3.63, 3.8) is 0 Å². The lowest BCUT2D eigenvalue weighted by Gasteiger charge is -2.14. The second kappa shape index (κ2) is 3.45. The van der Waals surface area contributed by atoms with Gasteiger partial charge in [0.25, 0.3) is 0 Å². The lowest BCUT2D eigenvalue weighted by Crippen LogP contribution is -2.21. The van der Waals surface area contributed by atoms with E-state index in [0.717, 1.165) is 0 Å². The number of alkyl halides is 3. The van der Waals surface area contributed by atoms with E-state index >= 15 is 0 Å². The van der Waals surface area contributed by atoms with Crippen LogP contribution in [0.5, 0.6) is 0 Å². The van der Waals surface area contributed by atoms with Crippen molar-refractivity contribution in [1.82, 2.24) is 0 Å². The molecule has 0 radical (unpaired) electrons. The third-order valence-electron chi connectivity index (χ3n) is 1.29. The Labute approximate surface area is 57.5 Å². The molecule has 0 aliphatic rings. The highest BCUT2D eigenvalue weighted by Gasteiger charge is 2.37. The fourth-order valence-corrected chi connectivity index (χ4v) is 0.602. The quantitative estimate of drug-likeness (QED) is 0.594. The van der Waals surface area contributed by atoms with Crippen molar-refractivity contribution >= 4 is 0 Å². The first kappa shape index (κ1) is 9.28. The molecule has 0 fully saturated rings. The second-order valence-electron chi connectivity index (χ2n) is 2.01. The van der Waals surface area contributed by atoms with E-state index in [9.17, 15) is 13.2 Å². The Morgan fingerprint density at radius 2 is 2.00 bits per heavy atom. The predicted molar refractivity (Wildman–Crippen MR) is 30.1 cm³/mol. The Bertz CT molecular complexity index is 133. The van der Waals surface area contributed by atoms with Gasteiger partial charge in [-0.1, -0.05) is 6.92 Å². The highest BCUT2D eigenvalue weighted by atomic mass is 19.4. The lowest BCUT2D eigenvalue weighted by molar-refractivity contribution is -0.173. The van der Waals surface area contributed by atoms with Gasteiger partial charge in [-0.25, -0.2) is 0 Å². The molecule has 1 atom stereocenters. The molecule has 0 aromatic carbocycles. The number of rotatable bonds is 2. The van der Waals surface area contributed by atoms with Crippen LogP contribution in [0, 0.1) is 17.2 Å². The van der Waals surface area contributed by atoms with E-state index in [1.165, 1.54) is 13.0 Å². The van der Waals surface area contributed by atoms with Gasteiger partial charge in [0.05, 0.1) is 12.0 Å². The van der Waals surface area contributed by atoms with Crippen LogP contribution >= 0.6 is 0 Å². The monoisotopic (exact) mass is 151 g/mol. The minimum absolute atomic E-state index is 0.0168. The average Bonchev–Trinajstić information content (AvgIpc) is 1.80. The molecule has 0 aliphatic carbocycles. The molecule has 0 heterocycles. The van der Waals surface area contributed by atoms with Gasteiger partial charge in [0, 0.05) is 6.42 Å². The largest absolute Gasteiger partial charge is 0.392 e. The van der Waals surface area contributed by atoms with E-state index in [1.807, 2.05) is 0 Å². The Hall–Kier alpha value is -0.720. The van der Waals surface area contributed by atoms with Crippen molar-refractivity contribution in [3.05, 3.63) is 0 Å². The number of nitrogens with zero attached hydrogens (tertiary/aromatic N) is 1.